The molecule has 3 heteroatoms. The van der Waals surface area contributed by atoms with Crippen LogP contribution in [0.15, 0.2) is 35.8 Å². The van der Waals surface area contributed by atoms with Crippen molar-refractivity contribution in [1.82, 2.24) is 4.98 Å². The summed E-state index contributed by atoms with van der Waals surface area (Å²) in [7, 11) is 0. The van der Waals surface area contributed by atoms with Gasteiger partial charge in [0.2, 0.25) is 0 Å². The Hall–Kier alpha value is -1.35. The lowest BCUT2D eigenvalue weighted by Crippen LogP contribution is -2.20. The lowest BCUT2D eigenvalue weighted by Gasteiger charge is -2.06. The molecule has 1 aromatic heterocycles. The molecule has 3 N–H and O–H groups in total. The number of hydrogen-bond donors (Lipinski definition) is 2. The monoisotopic (exact) mass is 164 g/mol. The van der Waals surface area contributed by atoms with Gasteiger partial charge in [-0.05, 0) is 12.5 Å². The summed E-state index contributed by atoms with van der Waals surface area (Å²) in [6.45, 7) is 3.56. The van der Waals surface area contributed by atoms with Crippen molar-refractivity contribution in [3.8, 4) is 0 Å². The van der Waals surface area contributed by atoms with Crippen molar-refractivity contribution in [2.24, 2.45) is 5.73 Å². The van der Waals surface area contributed by atoms with Crippen LogP contribution in [0.25, 0.3) is 0 Å². The summed E-state index contributed by atoms with van der Waals surface area (Å²) in [5, 5.41) is 0. The van der Waals surface area contributed by atoms with Crippen LogP contribution in [0.3, 0.4) is 0 Å². The van der Waals surface area contributed by atoms with Gasteiger partial charge in [0, 0.05) is 17.8 Å². The summed E-state index contributed by atoms with van der Waals surface area (Å²) < 4.78 is 0. The van der Waals surface area contributed by atoms with Crippen LogP contribution in [0.1, 0.15) is 18.0 Å². The highest BCUT2D eigenvalue weighted by molar-refractivity contribution is 5.14. The first kappa shape index (κ1) is 8.74. The molecule has 0 amide bonds. The molecule has 0 aliphatic rings. The van der Waals surface area contributed by atoms with E-state index in [0.717, 1.165) is 0 Å². The molecule has 1 heterocycles. The highest BCUT2D eigenvalue weighted by Gasteiger charge is 2.06. The second-order valence-corrected chi connectivity index (χ2v) is 2.59. The SMILES string of the molecule is C=CCC(N)c1ccc[nH]c1=O. The normalized spacial score (nSPS) is 12.4. The molecule has 0 aliphatic carbocycles. The predicted molar refractivity (Wildman–Crippen MR) is 48.8 cm³/mol. The molecule has 3 nitrogen and oxygen atoms in total. The van der Waals surface area contributed by atoms with Gasteiger partial charge >= 0.3 is 0 Å². The van der Waals surface area contributed by atoms with Gasteiger partial charge in [-0.1, -0.05) is 12.1 Å². The van der Waals surface area contributed by atoms with Crippen LogP contribution < -0.4 is 11.3 Å². The van der Waals surface area contributed by atoms with Crippen molar-refractivity contribution in [1.29, 1.82) is 0 Å². The predicted octanol–water partition coefficient (Wildman–Crippen LogP) is 0.951. The topological polar surface area (TPSA) is 58.9 Å². The van der Waals surface area contributed by atoms with Gasteiger partial charge in [0.15, 0.2) is 0 Å². The van der Waals surface area contributed by atoms with Crippen molar-refractivity contribution in [3.05, 3.63) is 46.9 Å². The minimum atomic E-state index is -0.243. The van der Waals surface area contributed by atoms with E-state index in [0.29, 0.717) is 12.0 Å². The van der Waals surface area contributed by atoms with E-state index in [1.807, 2.05) is 0 Å². The lowest BCUT2D eigenvalue weighted by atomic mass is 10.1. The van der Waals surface area contributed by atoms with Crippen molar-refractivity contribution in [2.45, 2.75) is 12.5 Å². The van der Waals surface area contributed by atoms with Crippen LogP contribution in [0, 0.1) is 0 Å². The smallest absolute Gasteiger partial charge is 0.252 e. The molecule has 0 bridgehead atoms. The number of H-pyrrole nitrogens is 1. The third kappa shape index (κ3) is 1.83. The molecule has 0 spiro atoms. The first-order valence-corrected chi connectivity index (χ1v) is 3.79. The summed E-state index contributed by atoms with van der Waals surface area (Å²) in [5.74, 6) is 0. The third-order valence-corrected chi connectivity index (χ3v) is 1.67. The molecule has 0 saturated heterocycles. The summed E-state index contributed by atoms with van der Waals surface area (Å²) in [6, 6.07) is 3.25. The molecule has 0 fully saturated rings. The zero-order valence-corrected chi connectivity index (χ0v) is 6.79. The van der Waals surface area contributed by atoms with Crippen LogP contribution in [-0.4, -0.2) is 4.98 Å². The maximum absolute atomic E-state index is 11.2. The van der Waals surface area contributed by atoms with Crippen LogP contribution in [0.5, 0.6) is 0 Å². The molecule has 12 heavy (non-hydrogen) atoms. The van der Waals surface area contributed by atoms with Gasteiger partial charge < -0.3 is 10.7 Å². The number of rotatable bonds is 3. The van der Waals surface area contributed by atoms with Crippen molar-refractivity contribution in [3.63, 3.8) is 0 Å². The van der Waals surface area contributed by atoms with Crippen molar-refractivity contribution < 1.29 is 0 Å². The number of nitrogens with two attached hydrogens (primary N) is 1. The Labute approximate surface area is 70.9 Å². The van der Waals surface area contributed by atoms with E-state index < -0.39 is 0 Å². The Kier molecular flexibility index (Phi) is 2.82. The highest BCUT2D eigenvalue weighted by Crippen LogP contribution is 2.07. The Morgan fingerprint density at radius 1 is 1.75 bits per heavy atom. The largest absolute Gasteiger partial charge is 0.329 e. The Bertz CT molecular complexity index is 316. The number of nitrogens with one attached hydrogen (secondary N) is 1. The van der Waals surface area contributed by atoms with E-state index in [4.69, 9.17) is 5.73 Å². The molecule has 0 radical (unpaired) electrons. The third-order valence-electron chi connectivity index (χ3n) is 1.67. The van der Waals surface area contributed by atoms with E-state index in [-0.39, 0.29) is 11.6 Å². The molecule has 0 aliphatic heterocycles. The number of hydrogen-bond acceptors (Lipinski definition) is 2. The number of pyridine rings is 1. The molecule has 1 unspecified atom stereocenters. The second kappa shape index (κ2) is 3.88. The van der Waals surface area contributed by atoms with Gasteiger partial charge in [-0.25, -0.2) is 0 Å². The first-order valence-electron chi connectivity index (χ1n) is 3.79. The minimum absolute atomic E-state index is 0.119. The van der Waals surface area contributed by atoms with Crippen LogP contribution in [0.2, 0.25) is 0 Å². The quantitative estimate of drug-likeness (QED) is 0.653. The molecule has 1 aromatic rings. The van der Waals surface area contributed by atoms with Gasteiger partial charge in [-0.15, -0.1) is 6.58 Å². The van der Waals surface area contributed by atoms with E-state index in [2.05, 4.69) is 11.6 Å². The average Bonchev–Trinajstić information content (AvgIpc) is 2.05. The fraction of sp³-hybridized carbons (Fsp3) is 0.222. The van der Waals surface area contributed by atoms with Crippen LogP contribution in [0.4, 0.5) is 0 Å². The first-order chi connectivity index (χ1) is 5.75. The maximum atomic E-state index is 11.2. The van der Waals surface area contributed by atoms with E-state index in [9.17, 15) is 4.79 Å². The van der Waals surface area contributed by atoms with Gasteiger partial charge in [0.1, 0.15) is 0 Å². The molecular formula is C9H12N2O. The second-order valence-electron chi connectivity index (χ2n) is 2.59. The Balaban J connectivity index is 2.94. The van der Waals surface area contributed by atoms with Crippen molar-refractivity contribution >= 4 is 0 Å². The van der Waals surface area contributed by atoms with E-state index in [1.165, 1.54) is 0 Å². The van der Waals surface area contributed by atoms with E-state index >= 15 is 0 Å². The van der Waals surface area contributed by atoms with Gasteiger partial charge in [-0.2, -0.15) is 0 Å². The van der Waals surface area contributed by atoms with Gasteiger partial charge in [0.05, 0.1) is 0 Å². The van der Waals surface area contributed by atoms with Crippen LogP contribution in [-0.2, 0) is 0 Å². The molecule has 1 atom stereocenters. The summed E-state index contributed by atoms with van der Waals surface area (Å²) in [4.78, 5) is 13.7. The van der Waals surface area contributed by atoms with Crippen LogP contribution >= 0.6 is 0 Å². The highest BCUT2D eigenvalue weighted by atomic mass is 16.1. The summed E-state index contributed by atoms with van der Waals surface area (Å²) >= 11 is 0. The maximum Gasteiger partial charge on any atom is 0.252 e. The van der Waals surface area contributed by atoms with Crippen molar-refractivity contribution in [2.75, 3.05) is 0 Å². The number of aromatic amines is 1. The summed E-state index contributed by atoms with van der Waals surface area (Å²) in [6.07, 6.45) is 3.91. The van der Waals surface area contributed by atoms with E-state index in [1.54, 1.807) is 24.4 Å². The minimum Gasteiger partial charge on any atom is -0.329 e. The molecule has 64 valence electrons. The fourth-order valence-electron chi connectivity index (χ4n) is 1.03. The van der Waals surface area contributed by atoms with Gasteiger partial charge in [-0.3, -0.25) is 4.79 Å². The molecular weight excluding hydrogens is 152 g/mol. The Morgan fingerprint density at radius 2 is 2.50 bits per heavy atom. The summed E-state index contributed by atoms with van der Waals surface area (Å²) in [5.41, 5.74) is 6.21. The van der Waals surface area contributed by atoms with Gasteiger partial charge in [0.25, 0.3) is 5.56 Å². The molecule has 0 aromatic carbocycles. The zero-order chi connectivity index (χ0) is 8.97. The Morgan fingerprint density at radius 3 is 3.08 bits per heavy atom. The average molecular weight is 164 g/mol. The number of aromatic nitrogens is 1. The fourth-order valence-corrected chi connectivity index (χ4v) is 1.03. The standard InChI is InChI=1S/C9H12N2O/c1-2-4-8(10)7-5-3-6-11-9(7)12/h2-3,5-6,8H,1,4,10H2,(H,11,12). The lowest BCUT2D eigenvalue weighted by molar-refractivity contribution is 0.729. The molecule has 0 saturated carbocycles. The zero-order valence-electron chi connectivity index (χ0n) is 6.79. The molecule has 1 rings (SSSR count).